The van der Waals surface area contributed by atoms with Gasteiger partial charge < -0.3 is 15.7 Å². The molecule has 3 N–H and O–H groups in total. The summed E-state index contributed by atoms with van der Waals surface area (Å²) < 4.78 is 0. The maximum atomic E-state index is 10.7. The summed E-state index contributed by atoms with van der Waals surface area (Å²) in [5.74, 6) is -0.365. The number of rotatable bonds is 2. The summed E-state index contributed by atoms with van der Waals surface area (Å²) in [6.45, 7) is 0. The third-order valence-corrected chi connectivity index (χ3v) is 1.83. The molecule has 0 saturated heterocycles. The molecule has 0 atom stereocenters. The van der Waals surface area contributed by atoms with Crippen molar-refractivity contribution in [2.45, 2.75) is 0 Å². The van der Waals surface area contributed by atoms with Crippen LogP contribution in [0.15, 0.2) is 29.3 Å². The molecule has 80 valence electrons. The summed E-state index contributed by atoms with van der Waals surface area (Å²) in [6, 6.07) is 6.53. The molecule has 0 aliphatic carbocycles. The SMILES string of the molecule is C/N=C(\NC)Nc1cccc(C(=O)O)c1. The number of hydrogen-bond acceptors (Lipinski definition) is 2. The van der Waals surface area contributed by atoms with Crippen molar-refractivity contribution in [3.8, 4) is 0 Å². The lowest BCUT2D eigenvalue weighted by atomic mass is 10.2. The maximum absolute atomic E-state index is 10.7. The number of carboxylic acid groups (broad SMARTS) is 1. The Hall–Kier alpha value is -2.04. The van der Waals surface area contributed by atoms with Crippen molar-refractivity contribution in [2.24, 2.45) is 4.99 Å². The van der Waals surface area contributed by atoms with Crippen LogP contribution in [0.25, 0.3) is 0 Å². The minimum Gasteiger partial charge on any atom is -0.478 e. The molecule has 0 aromatic heterocycles. The number of benzene rings is 1. The molecule has 5 nitrogen and oxygen atoms in total. The van der Waals surface area contributed by atoms with Crippen LogP contribution in [0.3, 0.4) is 0 Å². The minimum atomic E-state index is -0.946. The molecule has 0 spiro atoms. The lowest BCUT2D eigenvalue weighted by molar-refractivity contribution is 0.0697. The minimum absolute atomic E-state index is 0.242. The fourth-order valence-electron chi connectivity index (χ4n) is 1.10. The highest BCUT2D eigenvalue weighted by Gasteiger charge is 2.03. The zero-order valence-corrected chi connectivity index (χ0v) is 8.61. The number of guanidine groups is 1. The van der Waals surface area contributed by atoms with Gasteiger partial charge >= 0.3 is 5.97 Å². The van der Waals surface area contributed by atoms with Crippen molar-refractivity contribution >= 4 is 17.6 Å². The molecule has 0 aliphatic rings. The zero-order valence-electron chi connectivity index (χ0n) is 8.61. The number of carbonyl (C=O) groups is 1. The molecule has 1 aromatic carbocycles. The number of aromatic carboxylic acids is 1. The van der Waals surface area contributed by atoms with Crippen LogP contribution in [0.2, 0.25) is 0 Å². The van der Waals surface area contributed by atoms with Crippen LogP contribution in [-0.4, -0.2) is 31.1 Å². The molecular formula is C10H13N3O2. The van der Waals surface area contributed by atoms with Gasteiger partial charge in [0, 0.05) is 19.8 Å². The van der Waals surface area contributed by atoms with Gasteiger partial charge in [-0.2, -0.15) is 0 Å². The number of nitrogens with one attached hydrogen (secondary N) is 2. The van der Waals surface area contributed by atoms with E-state index in [2.05, 4.69) is 15.6 Å². The Kier molecular flexibility index (Phi) is 3.68. The Bertz CT molecular complexity index is 388. The molecular weight excluding hydrogens is 194 g/mol. The zero-order chi connectivity index (χ0) is 11.3. The molecule has 1 rings (SSSR count). The number of nitrogens with zero attached hydrogens (tertiary/aromatic N) is 1. The van der Waals surface area contributed by atoms with Gasteiger partial charge in [0.15, 0.2) is 5.96 Å². The van der Waals surface area contributed by atoms with E-state index >= 15 is 0 Å². The van der Waals surface area contributed by atoms with Gasteiger partial charge in [-0.25, -0.2) is 4.79 Å². The highest BCUT2D eigenvalue weighted by atomic mass is 16.4. The highest BCUT2D eigenvalue weighted by molar-refractivity contribution is 5.95. The number of anilines is 1. The van der Waals surface area contributed by atoms with Crippen molar-refractivity contribution in [2.75, 3.05) is 19.4 Å². The summed E-state index contributed by atoms with van der Waals surface area (Å²) in [5, 5.41) is 14.6. The van der Waals surface area contributed by atoms with Gasteiger partial charge in [-0.3, -0.25) is 4.99 Å². The Balaban J connectivity index is 2.87. The van der Waals surface area contributed by atoms with E-state index in [1.807, 2.05) is 0 Å². The van der Waals surface area contributed by atoms with Crippen LogP contribution in [0.5, 0.6) is 0 Å². The lowest BCUT2D eigenvalue weighted by Crippen LogP contribution is -2.26. The van der Waals surface area contributed by atoms with E-state index in [0.29, 0.717) is 11.6 Å². The van der Waals surface area contributed by atoms with E-state index < -0.39 is 5.97 Å². The fraction of sp³-hybridized carbons (Fsp3) is 0.200. The standard InChI is InChI=1S/C10H13N3O2/c1-11-10(12-2)13-8-5-3-4-7(6-8)9(14)15/h3-6H,1-2H3,(H,14,15)(H2,11,12,13). The first-order valence-electron chi connectivity index (χ1n) is 4.42. The predicted octanol–water partition coefficient (Wildman–Crippen LogP) is 1.00. The van der Waals surface area contributed by atoms with E-state index in [4.69, 9.17) is 5.11 Å². The largest absolute Gasteiger partial charge is 0.478 e. The average molecular weight is 207 g/mol. The third-order valence-electron chi connectivity index (χ3n) is 1.83. The van der Waals surface area contributed by atoms with E-state index in [-0.39, 0.29) is 5.56 Å². The Morgan fingerprint density at radius 3 is 2.73 bits per heavy atom. The van der Waals surface area contributed by atoms with Crippen molar-refractivity contribution in [1.82, 2.24) is 5.32 Å². The van der Waals surface area contributed by atoms with Crippen LogP contribution in [0.1, 0.15) is 10.4 Å². The molecule has 0 bridgehead atoms. The molecule has 0 fully saturated rings. The Labute approximate surface area is 87.8 Å². The van der Waals surface area contributed by atoms with Gasteiger partial charge in [0.2, 0.25) is 0 Å². The monoisotopic (exact) mass is 207 g/mol. The van der Waals surface area contributed by atoms with E-state index in [9.17, 15) is 4.79 Å². The lowest BCUT2D eigenvalue weighted by Gasteiger charge is -2.08. The van der Waals surface area contributed by atoms with Crippen molar-refractivity contribution in [3.05, 3.63) is 29.8 Å². The molecule has 0 unspecified atom stereocenters. The summed E-state index contributed by atoms with van der Waals surface area (Å²) in [6.07, 6.45) is 0. The number of hydrogen-bond donors (Lipinski definition) is 3. The molecule has 0 heterocycles. The summed E-state index contributed by atoms with van der Waals surface area (Å²) in [5.41, 5.74) is 0.927. The van der Waals surface area contributed by atoms with Crippen LogP contribution in [0.4, 0.5) is 5.69 Å². The Morgan fingerprint density at radius 1 is 1.47 bits per heavy atom. The molecule has 0 radical (unpaired) electrons. The van der Waals surface area contributed by atoms with Gasteiger partial charge in [-0.1, -0.05) is 6.07 Å². The molecule has 0 amide bonds. The second-order valence-corrected chi connectivity index (χ2v) is 2.83. The first kappa shape index (κ1) is 11.0. The van der Waals surface area contributed by atoms with Crippen molar-refractivity contribution in [1.29, 1.82) is 0 Å². The van der Waals surface area contributed by atoms with Crippen molar-refractivity contribution < 1.29 is 9.90 Å². The topological polar surface area (TPSA) is 73.7 Å². The highest BCUT2D eigenvalue weighted by Crippen LogP contribution is 2.10. The second kappa shape index (κ2) is 4.99. The fourth-order valence-corrected chi connectivity index (χ4v) is 1.10. The van der Waals surface area contributed by atoms with Gasteiger partial charge in [-0.15, -0.1) is 0 Å². The van der Waals surface area contributed by atoms with Gasteiger partial charge in [0.05, 0.1) is 5.56 Å². The smallest absolute Gasteiger partial charge is 0.335 e. The third kappa shape index (κ3) is 2.98. The average Bonchev–Trinajstić information content (AvgIpc) is 2.26. The van der Waals surface area contributed by atoms with Gasteiger partial charge in [0.25, 0.3) is 0 Å². The summed E-state index contributed by atoms with van der Waals surface area (Å²) in [7, 11) is 3.37. The second-order valence-electron chi connectivity index (χ2n) is 2.83. The van der Waals surface area contributed by atoms with Crippen LogP contribution < -0.4 is 10.6 Å². The Morgan fingerprint density at radius 2 is 2.20 bits per heavy atom. The molecule has 0 saturated carbocycles. The van der Waals surface area contributed by atoms with E-state index in [0.717, 1.165) is 0 Å². The summed E-state index contributed by atoms with van der Waals surface area (Å²) in [4.78, 5) is 14.6. The van der Waals surface area contributed by atoms with Crippen LogP contribution >= 0.6 is 0 Å². The molecule has 0 aliphatic heterocycles. The van der Waals surface area contributed by atoms with Gasteiger partial charge in [0.1, 0.15) is 0 Å². The van der Waals surface area contributed by atoms with Crippen molar-refractivity contribution in [3.63, 3.8) is 0 Å². The number of aliphatic imine (C=N–C) groups is 1. The van der Waals surface area contributed by atoms with Crippen LogP contribution in [0, 0.1) is 0 Å². The van der Waals surface area contributed by atoms with Crippen LogP contribution in [-0.2, 0) is 0 Å². The quantitative estimate of drug-likeness (QED) is 0.499. The summed E-state index contributed by atoms with van der Waals surface area (Å²) >= 11 is 0. The predicted molar refractivity (Wildman–Crippen MR) is 59.4 cm³/mol. The van der Waals surface area contributed by atoms with Gasteiger partial charge in [-0.05, 0) is 18.2 Å². The normalized spacial score (nSPS) is 10.9. The molecule has 1 aromatic rings. The first-order chi connectivity index (χ1) is 7.17. The van der Waals surface area contributed by atoms with E-state index in [1.165, 1.54) is 6.07 Å². The molecule has 5 heteroatoms. The number of carboxylic acids is 1. The maximum Gasteiger partial charge on any atom is 0.335 e. The first-order valence-corrected chi connectivity index (χ1v) is 4.42. The molecule has 15 heavy (non-hydrogen) atoms. The van der Waals surface area contributed by atoms with E-state index in [1.54, 1.807) is 32.3 Å².